The fourth-order valence-corrected chi connectivity index (χ4v) is 0. The van der Waals surface area contributed by atoms with Gasteiger partial charge in [-0.1, -0.05) is 0 Å². The van der Waals surface area contributed by atoms with Crippen LogP contribution in [0, 0.1) is 0 Å². The number of rotatable bonds is 0. The Hall–Kier alpha value is 3.75. The maximum atomic E-state index is 0. The van der Waals surface area contributed by atoms with E-state index in [1.54, 1.807) is 0 Å². The third-order valence-electron chi connectivity index (χ3n) is 0. The van der Waals surface area contributed by atoms with E-state index < -0.39 is 0 Å². The summed E-state index contributed by atoms with van der Waals surface area (Å²) in [5.74, 6) is 0. The third kappa shape index (κ3) is 53.1. The zero-order chi connectivity index (χ0) is 0. The van der Waals surface area contributed by atoms with E-state index >= 15 is 0 Å². The van der Waals surface area contributed by atoms with Gasteiger partial charge in [-0.3, -0.25) is 0 Å². The van der Waals surface area contributed by atoms with E-state index in [2.05, 4.69) is 0 Å². The van der Waals surface area contributed by atoms with Gasteiger partial charge in [0.1, 0.15) is 0 Å². The van der Waals surface area contributed by atoms with Crippen LogP contribution in [0.4, 0.5) is 0 Å². The van der Waals surface area contributed by atoms with Crippen molar-refractivity contribution in [1.82, 2.24) is 0 Å². The SMILES string of the molecule is [Cl-].[Cl-].[Cl-].[Cl-].[Cl-].[Li+].[Li+].[Y+3]. The molecular formula is Cl5Li2Y. The molecule has 0 N–H and O–H groups in total. The summed E-state index contributed by atoms with van der Waals surface area (Å²) >= 11 is 0. The maximum Gasteiger partial charge on any atom is 3.00 e. The molecule has 8 heteroatoms. The Morgan fingerprint density at radius 1 is 0.375 bits per heavy atom. The van der Waals surface area contributed by atoms with Gasteiger partial charge < -0.3 is 62.0 Å². The van der Waals surface area contributed by atoms with E-state index in [4.69, 9.17) is 0 Å². The van der Waals surface area contributed by atoms with Crippen LogP contribution in [0.5, 0.6) is 0 Å². The van der Waals surface area contributed by atoms with Crippen LogP contribution >= 0.6 is 0 Å². The Bertz CT molecular complexity index is 10.4. The van der Waals surface area contributed by atoms with Gasteiger partial charge in [0.2, 0.25) is 0 Å². The summed E-state index contributed by atoms with van der Waals surface area (Å²) < 4.78 is 0. The van der Waals surface area contributed by atoms with Crippen molar-refractivity contribution < 1.29 is 132 Å². The Morgan fingerprint density at radius 2 is 0.375 bits per heavy atom. The fourth-order valence-electron chi connectivity index (χ4n) is 0. The van der Waals surface area contributed by atoms with Crippen molar-refractivity contribution in [2.45, 2.75) is 0 Å². The minimum absolute atomic E-state index is 0. The monoisotopic (exact) mass is 278 g/mol. The van der Waals surface area contributed by atoms with Crippen LogP contribution in [-0.4, -0.2) is 0 Å². The predicted molar refractivity (Wildman–Crippen MR) is 0 cm³/mol. The molecule has 0 spiro atoms. The third-order valence-corrected chi connectivity index (χ3v) is 0. The van der Waals surface area contributed by atoms with Gasteiger partial charge in [0.25, 0.3) is 0 Å². The van der Waals surface area contributed by atoms with E-state index in [1.165, 1.54) is 0 Å². The Kier molecular flexibility index (Phi) is 878. The van der Waals surface area contributed by atoms with Crippen LogP contribution in [0.25, 0.3) is 0 Å². The predicted octanol–water partition coefficient (Wildman–Crippen LogP) is -21.0. The van der Waals surface area contributed by atoms with Crippen LogP contribution in [0.2, 0.25) is 0 Å². The summed E-state index contributed by atoms with van der Waals surface area (Å²) in [5.41, 5.74) is 0. The molecular weight excluding hydrogens is 280 g/mol. The number of hydrogen-bond acceptors (Lipinski definition) is 0. The molecule has 0 aromatic heterocycles. The molecule has 0 radical (unpaired) electrons. The van der Waals surface area contributed by atoms with Crippen molar-refractivity contribution in [2.24, 2.45) is 0 Å². The molecule has 0 aromatic rings. The van der Waals surface area contributed by atoms with Gasteiger partial charge in [-0.25, -0.2) is 0 Å². The molecule has 0 aliphatic carbocycles. The first-order chi connectivity index (χ1) is 0. The molecule has 0 aliphatic rings. The van der Waals surface area contributed by atoms with Crippen LogP contribution in [0.3, 0.4) is 0 Å². The molecule has 0 heterocycles. The van der Waals surface area contributed by atoms with Crippen LogP contribution in [0.15, 0.2) is 0 Å². The maximum absolute atomic E-state index is 0. The van der Waals surface area contributed by atoms with E-state index in [9.17, 15) is 0 Å². The largest absolute Gasteiger partial charge is 3.00 e. The summed E-state index contributed by atoms with van der Waals surface area (Å²) in [5, 5.41) is 0. The quantitative estimate of drug-likeness (QED) is 0.387. The van der Waals surface area contributed by atoms with E-state index in [1.807, 2.05) is 0 Å². The van der Waals surface area contributed by atoms with Gasteiger partial charge in [-0.05, 0) is 0 Å². The zero-order valence-electron chi connectivity index (χ0n) is 4.47. The molecule has 0 rings (SSSR count). The average molecular weight is 280 g/mol. The van der Waals surface area contributed by atoms with Gasteiger partial charge in [0.05, 0.1) is 0 Å². The average Bonchev–Trinajstić information content (AvgIpc) is 0. The van der Waals surface area contributed by atoms with E-state index in [0.717, 1.165) is 0 Å². The first kappa shape index (κ1) is 96.6. The second kappa shape index (κ2) is 72.7. The molecule has 0 atom stereocenters. The van der Waals surface area contributed by atoms with Crippen LogP contribution in [-0.2, 0) is 32.7 Å². The molecule has 0 saturated heterocycles. The van der Waals surface area contributed by atoms with Gasteiger partial charge >= 0.3 is 70.4 Å². The van der Waals surface area contributed by atoms with Crippen LogP contribution in [0.1, 0.15) is 0 Å². The first-order valence-corrected chi connectivity index (χ1v) is 0. The summed E-state index contributed by atoms with van der Waals surface area (Å²) in [6.07, 6.45) is 0. The second-order valence-electron chi connectivity index (χ2n) is 0. The zero-order valence-corrected chi connectivity index (χ0v) is 11.1. The molecule has 0 amide bonds. The Labute approximate surface area is 130 Å². The van der Waals surface area contributed by atoms with Crippen molar-refractivity contribution >= 4 is 0 Å². The van der Waals surface area contributed by atoms with Crippen molar-refractivity contribution in [3.05, 3.63) is 0 Å². The summed E-state index contributed by atoms with van der Waals surface area (Å²) in [7, 11) is 0. The van der Waals surface area contributed by atoms with Crippen molar-refractivity contribution in [1.29, 1.82) is 0 Å². The summed E-state index contributed by atoms with van der Waals surface area (Å²) in [6, 6.07) is 0. The number of hydrogen-bond donors (Lipinski definition) is 0. The minimum atomic E-state index is 0. The molecule has 8 heavy (non-hydrogen) atoms. The van der Waals surface area contributed by atoms with Gasteiger partial charge in [-0.2, -0.15) is 0 Å². The van der Waals surface area contributed by atoms with Crippen LogP contribution < -0.4 is 99.8 Å². The minimum Gasteiger partial charge on any atom is -1.00 e. The van der Waals surface area contributed by atoms with Crippen molar-refractivity contribution in [3.8, 4) is 0 Å². The Morgan fingerprint density at radius 3 is 0.375 bits per heavy atom. The molecule has 0 fully saturated rings. The fraction of sp³-hybridized carbons (Fsp3) is 0. The molecule has 0 saturated carbocycles. The molecule has 0 aromatic carbocycles. The van der Waals surface area contributed by atoms with Gasteiger partial charge in [-0.15, -0.1) is 0 Å². The molecule has 0 nitrogen and oxygen atoms in total. The van der Waals surface area contributed by atoms with Crippen molar-refractivity contribution in [2.75, 3.05) is 0 Å². The second-order valence-corrected chi connectivity index (χ2v) is 0. The molecule has 0 aliphatic heterocycles. The first-order valence-electron chi connectivity index (χ1n) is 0. The smallest absolute Gasteiger partial charge is 1.00 e. The standard InChI is InChI=1S/5ClH.2Li.Y/h5*1H;;;/q;;;;;2*+1;+3/p-5. The summed E-state index contributed by atoms with van der Waals surface area (Å²) in [4.78, 5) is 0. The molecule has 40 valence electrons. The normalized spacial score (nSPS) is 0. The summed E-state index contributed by atoms with van der Waals surface area (Å²) in [6.45, 7) is 0. The number of halogens is 5. The van der Waals surface area contributed by atoms with Gasteiger partial charge in [0.15, 0.2) is 0 Å². The van der Waals surface area contributed by atoms with Gasteiger partial charge in [0, 0.05) is 0 Å². The topological polar surface area (TPSA) is 0 Å². The van der Waals surface area contributed by atoms with Crippen molar-refractivity contribution in [3.63, 3.8) is 0 Å². The Balaban J connectivity index is 0. The molecule has 0 unspecified atom stereocenters. The van der Waals surface area contributed by atoms with E-state index in [-0.39, 0.29) is 132 Å². The molecule has 0 bridgehead atoms. The van der Waals surface area contributed by atoms with E-state index in [0.29, 0.717) is 0 Å².